The first kappa shape index (κ1) is 11.4. The molecule has 1 unspecified atom stereocenters. The Kier molecular flexibility index (Phi) is 2.28. The summed E-state index contributed by atoms with van der Waals surface area (Å²) in [5.74, 6) is -0.437. The largest absolute Gasteiger partial charge is 0.276 e. The average Bonchev–Trinajstić information content (AvgIpc) is 3.24. The van der Waals surface area contributed by atoms with Crippen molar-refractivity contribution in [2.75, 3.05) is 6.54 Å². The molecular weight excluding hydrogens is 252 g/mol. The fourth-order valence-electron chi connectivity index (χ4n) is 2.71. The van der Waals surface area contributed by atoms with E-state index in [0.29, 0.717) is 17.7 Å². The van der Waals surface area contributed by atoms with Gasteiger partial charge in [-0.1, -0.05) is 42.5 Å². The number of benzene rings is 2. The zero-order valence-electron chi connectivity index (χ0n) is 10.7. The lowest BCUT2D eigenvalue weighted by molar-refractivity contribution is 0.0370. The van der Waals surface area contributed by atoms with E-state index in [1.807, 2.05) is 35.3 Å². The molecule has 2 aromatic carbocycles. The molecule has 0 bridgehead atoms. The van der Waals surface area contributed by atoms with Crippen molar-refractivity contribution in [1.29, 1.82) is 0 Å². The fraction of sp³-hybridized carbons (Fsp3) is 0.125. The first-order valence-corrected chi connectivity index (χ1v) is 6.56. The van der Waals surface area contributed by atoms with Crippen LogP contribution in [0.25, 0.3) is 0 Å². The normalized spacial score (nSPS) is 23.9. The van der Waals surface area contributed by atoms with Crippen molar-refractivity contribution in [3.63, 3.8) is 0 Å². The lowest BCUT2D eigenvalue weighted by Gasteiger charge is -2.15. The highest BCUT2D eigenvalue weighted by Gasteiger charge is 2.49. The molecule has 4 rings (SSSR count). The van der Waals surface area contributed by atoms with E-state index in [0.717, 1.165) is 5.56 Å². The first-order chi connectivity index (χ1) is 9.77. The van der Waals surface area contributed by atoms with Gasteiger partial charge in [0.05, 0.1) is 17.2 Å². The predicted molar refractivity (Wildman–Crippen MR) is 72.8 cm³/mol. The smallest absolute Gasteiger partial charge is 0.267 e. The lowest BCUT2D eigenvalue weighted by atomic mass is 10.1. The van der Waals surface area contributed by atoms with Crippen LogP contribution >= 0.6 is 0 Å². The summed E-state index contributed by atoms with van der Waals surface area (Å²) in [6.45, 7) is 0.704. The van der Waals surface area contributed by atoms with E-state index in [1.54, 1.807) is 24.3 Å². The molecule has 2 aliphatic heterocycles. The average molecular weight is 264 g/mol. The second kappa shape index (κ2) is 4.02. The number of hydrazine groups is 1. The molecule has 1 saturated heterocycles. The molecule has 2 amide bonds. The van der Waals surface area contributed by atoms with Gasteiger partial charge in [-0.05, 0) is 17.7 Å². The molecule has 0 N–H and O–H groups in total. The van der Waals surface area contributed by atoms with Gasteiger partial charge in [-0.15, -0.1) is 0 Å². The summed E-state index contributed by atoms with van der Waals surface area (Å²) >= 11 is 0. The van der Waals surface area contributed by atoms with E-state index < -0.39 is 0 Å². The van der Waals surface area contributed by atoms with Crippen molar-refractivity contribution in [2.45, 2.75) is 6.04 Å². The van der Waals surface area contributed by atoms with E-state index in [-0.39, 0.29) is 17.9 Å². The Labute approximate surface area is 116 Å². The van der Waals surface area contributed by atoms with Crippen LogP contribution in [0.15, 0.2) is 54.6 Å². The van der Waals surface area contributed by atoms with E-state index in [4.69, 9.17) is 0 Å². The maximum Gasteiger partial charge on any atom is 0.276 e. The van der Waals surface area contributed by atoms with Crippen LogP contribution in [0.2, 0.25) is 0 Å². The molecule has 2 aliphatic rings. The number of fused-ring (bicyclic) bond motifs is 1. The van der Waals surface area contributed by atoms with E-state index in [9.17, 15) is 9.59 Å². The van der Waals surface area contributed by atoms with Crippen molar-refractivity contribution in [3.8, 4) is 0 Å². The Morgan fingerprint density at radius 1 is 0.800 bits per heavy atom. The first-order valence-electron chi connectivity index (χ1n) is 6.56. The molecule has 20 heavy (non-hydrogen) atoms. The Morgan fingerprint density at radius 3 is 1.95 bits per heavy atom. The highest BCUT2D eigenvalue weighted by molar-refractivity contribution is 6.21. The quantitative estimate of drug-likeness (QED) is 0.617. The summed E-state index contributed by atoms with van der Waals surface area (Å²) in [6, 6.07) is 17.0. The second-order valence-corrected chi connectivity index (χ2v) is 5.02. The van der Waals surface area contributed by atoms with Crippen molar-refractivity contribution in [3.05, 3.63) is 71.3 Å². The third kappa shape index (κ3) is 1.52. The molecule has 0 aliphatic carbocycles. The van der Waals surface area contributed by atoms with Gasteiger partial charge in [0, 0.05) is 6.54 Å². The topological polar surface area (TPSA) is 40.4 Å². The van der Waals surface area contributed by atoms with Crippen LogP contribution in [0.1, 0.15) is 32.3 Å². The lowest BCUT2D eigenvalue weighted by Crippen LogP contribution is -2.35. The number of nitrogens with zero attached hydrogens (tertiary/aromatic N) is 2. The Hall–Kier alpha value is -2.46. The number of carbonyl (C=O) groups excluding carboxylic acids is 2. The Balaban J connectivity index is 1.64. The van der Waals surface area contributed by atoms with Gasteiger partial charge in [0.15, 0.2) is 0 Å². The molecule has 2 heterocycles. The van der Waals surface area contributed by atoms with Crippen molar-refractivity contribution in [1.82, 2.24) is 10.0 Å². The molecule has 1 fully saturated rings. The molecule has 0 aromatic heterocycles. The van der Waals surface area contributed by atoms with Crippen LogP contribution in [0.5, 0.6) is 0 Å². The summed E-state index contributed by atoms with van der Waals surface area (Å²) < 4.78 is 0. The van der Waals surface area contributed by atoms with Gasteiger partial charge in [-0.3, -0.25) is 9.59 Å². The maximum absolute atomic E-state index is 12.3. The summed E-state index contributed by atoms with van der Waals surface area (Å²) in [5, 5.41) is 3.10. The SMILES string of the molecule is O=C1c2ccccc2C(=O)N1N1C[C@H]1c1ccccc1. The van der Waals surface area contributed by atoms with Gasteiger partial charge < -0.3 is 0 Å². The fourth-order valence-corrected chi connectivity index (χ4v) is 2.71. The van der Waals surface area contributed by atoms with E-state index in [1.165, 1.54) is 5.01 Å². The van der Waals surface area contributed by atoms with Crippen molar-refractivity contribution in [2.24, 2.45) is 0 Å². The molecular formula is C16H12N2O2. The molecule has 2 atom stereocenters. The summed E-state index contributed by atoms with van der Waals surface area (Å²) in [4.78, 5) is 24.7. The standard InChI is InChI=1S/C16H12N2O2/c19-15-12-8-4-5-9-13(12)16(20)18(15)17-10-14(17)11-6-2-1-3-7-11/h1-9,14H,10H2/t14-,17?/m0/s1. The molecule has 0 saturated carbocycles. The monoisotopic (exact) mass is 264 g/mol. The minimum absolute atomic E-state index is 0.124. The second-order valence-electron chi connectivity index (χ2n) is 5.02. The molecule has 4 nitrogen and oxygen atoms in total. The van der Waals surface area contributed by atoms with Crippen LogP contribution in [0.4, 0.5) is 0 Å². The molecule has 0 spiro atoms. The number of hydrogen-bond acceptors (Lipinski definition) is 3. The van der Waals surface area contributed by atoms with Gasteiger partial charge >= 0.3 is 0 Å². The zero-order valence-corrected chi connectivity index (χ0v) is 10.7. The van der Waals surface area contributed by atoms with Crippen LogP contribution in [-0.4, -0.2) is 28.4 Å². The Morgan fingerprint density at radius 2 is 1.35 bits per heavy atom. The van der Waals surface area contributed by atoms with E-state index >= 15 is 0 Å². The highest BCUT2D eigenvalue weighted by atomic mass is 16.2. The molecule has 4 heteroatoms. The highest BCUT2D eigenvalue weighted by Crippen LogP contribution is 2.39. The van der Waals surface area contributed by atoms with Crippen molar-refractivity contribution >= 4 is 11.8 Å². The summed E-state index contributed by atoms with van der Waals surface area (Å²) in [5.41, 5.74) is 2.12. The molecule has 0 radical (unpaired) electrons. The van der Waals surface area contributed by atoms with Gasteiger partial charge in [0.25, 0.3) is 11.8 Å². The van der Waals surface area contributed by atoms with Crippen molar-refractivity contribution < 1.29 is 9.59 Å². The number of imide groups is 1. The number of rotatable bonds is 2. The van der Waals surface area contributed by atoms with Gasteiger partial charge in [0.1, 0.15) is 0 Å². The zero-order chi connectivity index (χ0) is 13.7. The third-order valence-electron chi connectivity index (χ3n) is 3.80. The van der Waals surface area contributed by atoms with Crippen LogP contribution in [-0.2, 0) is 0 Å². The minimum atomic E-state index is -0.218. The minimum Gasteiger partial charge on any atom is -0.267 e. The number of hydrogen-bond donors (Lipinski definition) is 0. The molecule has 98 valence electrons. The van der Waals surface area contributed by atoms with Gasteiger partial charge in [0.2, 0.25) is 0 Å². The van der Waals surface area contributed by atoms with Gasteiger partial charge in [-0.25, -0.2) is 5.01 Å². The van der Waals surface area contributed by atoms with Gasteiger partial charge in [-0.2, -0.15) is 5.01 Å². The summed E-state index contributed by atoms with van der Waals surface area (Å²) in [6.07, 6.45) is 0. The van der Waals surface area contributed by atoms with Crippen LogP contribution in [0.3, 0.4) is 0 Å². The Bertz CT molecular complexity index is 676. The van der Waals surface area contributed by atoms with Crippen LogP contribution in [0, 0.1) is 0 Å². The summed E-state index contributed by atoms with van der Waals surface area (Å²) in [7, 11) is 0. The molecule has 2 aromatic rings. The maximum atomic E-state index is 12.3. The number of amides is 2. The van der Waals surface area contributed by atoms with E-state index in [2.05, 4.69) is 0 Å². The predicted octanol–water partition coefficient (Wildman–Crippen LogP) is 2.25. The number of carbonyl (C=O) groups is 2. The third-order valence-corrected chi connectivity index (χ3v) is 3.80. The van der Waals surface area contributed by atoms with Crippen LogP contribution < -0.4 is 0 Å².